The molecule has 0 spiro atoms. The number of benzene rings is 4. The molecular formula is C26H30N2. The van der Waals surface area contributed by atoms with E-state index in [0.29, 0.717) is 6.04 Å². The van der Waals surface area contributed by atoms with E-state index < -0.39 is 0 Å². The molecule has 144 valence electrons. The van der Waals surface area contributed by atoms with Gasteiger partial charge in [-0.05, 0) is 56.6 Å². The van der Waals surface area contributed by atoms with Gasteiger partial charge in [0.05, 0.1) is 0 Å². The van der Waals surface area contributed by atoms with Gasteiger partial charge in [-0.1, -0.05) is 68.4 Å². The molecule has 0 bridgehead atoms. The van der Waals surface area contributed by atoms with Crippen LogP contribution in [0.15, 0.2) is 54.6 Å². The zero-order valence-corrected chi connectivity index (χ0v) is 17.0. The van der Waals surface area contributed by atoms with Crippen LogP contribution < -0.4 is 5.32 Å². The van der Waals surface area contributed by atoms with E-state index in [1.165, 1.54) is 50.7 Å². The Labute approximate surface area is 167 Å². The van der Waals surface area contributed by atoms with Gasteiger partial charge >= 0.3 is 0 Å². The Balaban J connectivity index is 1.70. The third-order valence-corrected chi connectivity index (χ3v) is 6.53. The smallest absolute Gasteiger partial charge is 0.0355 e. The SMILES string of the molecule is CC(C)CC[C@@H](c1ccc2ccc3cccc4ccc1c2c34)N1CCNCC1. The van der Waals surface area contributed by atoms with Crippen molar-refractivity contribution in [2.75, 3.05) is 26.2 Å². The van der Waals surface area contributed by atoms with Gasteiger partial charge < -0.3 is 5.32 Å². The Bertz CT molecular complexity index is 1080. The molecule has 0 amide bonds. The average molecular weight is 371 g/mol. The van der Waals surface area contributed by atoms with Gasteiger partial charge in [0.15, 0.2) is 0 Å². The van der Waals surface area contributed by atoms with Crippen molar-refractivity contribution >= 4 is 32.3 Å². The molecule has 28 heavy (non-hydrogen) atoms. The summed E-state index contributed by atoms with van der Waals surface area (Å²) in [5.41, 5.74) is 1.52. The molecule has 0 unspecified atom stereocenters. The lowest BCUT2D eigenvalue weighted by Crippen LogP contribution is -2.45. The fourth-order valence-corrected chi connectivity index (χ4v) is 5.07. The van der Waals surface area contributed by atoms with E-state index in [1.807, 2.05) is 0 Å². The summed E-state index contributed by atoms with van der Waals surface area (Å²) in [7, 11) is 0. The fraction of sp³-hybridized carbons (Fsp3) is 0.385. The van der Waals surface area contributed by atoms with Crippen LogP contribution in [0.2, 0.25) is 0 Å². The summed E-state index contributed by atoms with van der Waals surface area (Å²) in [6.07, 6.45) is 2.51. The van der Waals surface area contributed by atoms with Crippen molar-refractivity contribution in [2.45, 2.75) is 32.7 Å². The molecular weight excluding hydrogens is 340 g/mol. The van der Waals surface area contributed by atoms with Crippen molar-refractivity contribution in [3.8, 4) is 0 Å². The van der Waals surface area contributed by atoms with Crippen molar-refractivity contribution in [1.29, 1.82) is 0 Å². The van der Waals surface area contributed by atoms with Gasteiger partial charge in [-0.15, -0.1) is 0 Å². The largest absolute Gasteiger partial charge is 0.314 e. The first-order valence-corrected chi connectivity index (χ1v) is 10.8. The fourth-order valence-electron chi connectivity index (χ4n) is 5.07. The van der Waals surface area contributed by atoms with E-state index >= 15 is 0 Å². The molecule has 0 radical (unpaired) electrons. The number of nitrogens with zero attached hydrogens (tertiary/aromatic N) is 1. The highest BCUT2D eigenvalue weighted by atomic mass is 15.2. The summed E-state index contributed by atoms with van der Waals surface area (Å²) in [6, 6.07) is 21.2. The highest BCUT2D eigenvalue weighted by Crippen LogP contribution is 2.40. The maximum Gasteiger partial charge on any atom is 0.0355 e. The number of hydrogen-bond acceptors (Lipinski definition) is 2. The molecule has 4 aromatic carbocycles. The predicted molar refractivity (Wildman–Crippen MR) is 121 cm³/mol. The van der Waals surface area contributed by atoms with Crippen LogP contribution in [0.25, 0.3) is 32.3 Å². The minimum absolute atomic E-state index is 0.508. The minimum atomic E-state index is 0.508. The topological polar surface area (TPSA) is 15.3 Å². The first kappa shape index (κ1) is 17.9. The lowest BCUT2D eigenvalue weighted by Gasteiger charge is -2.36. The van der Waals surface area contributed by atoms with E-state index in [2.05, 4.69) is 78.7 Å². The second kappa shape index (κ2) is 7.35. The van der Waals surface area contributed by atoms with E-state index in [4.69, 9.17) is 0 Å². The quantitative estimate of drug-likeness (QED) is 0.436. The Kier molecular flexibility index (Phi) is 4.70. The van der Waals surface area contributed by atoms with Gasteiger partial charge in [-0.3, -0.25) is 4.90 Å². The van der Waals surface area contributed by atoms with Crippen LogP contribution in [0, 0.1) is 5.92 Å². The third-order valence-electron chi connectivity index (χ3n) is 6.53. The maximum absolute atomic E-state index is 3.52. The monoisotopic (exact) mass is 370 g/mol. The van der Waals surface area contributed by atoms with Crippen molar-refractivity contribution in [2.24, 2.45) is 5.92 Å². The van der Waals surface area contributed by atoms with Crippen LogP contribution in [-0.4, -0.2) is 31.1 Å². The zero-order chi connectivity index (χ0) is 19.1. The number of rotatable bonds is 5. The van der Waals surface area contributed by atoms with Crippen LogP contribution in [0.5, 0.6) is 0 Å². The van der Waals surface area contributed by atoms with Crippen LogP contribution in [-0.2, 0) is 0 Å². The van der Waals surface area contributed by atoms with Crippen molar-refractivity contribution in [1.82, 2.24) is 10.2 Å². The number of hydrogen-bond donors (Lipinski definition) is 1. The molecule has 1 aliphatic heterocycles. The zero-order valence-electron chi connectivity index (χ0n) is 17.0. The molecule has 4 aromatic rings. The average Bonchev–Trinajstić information content (AvgIpc) is 2.73. The normalized spacial score (nSPS) is 17.2. The van der Waals surface area contributed by atoms with Crippen LogP contribution >= 0.6 is 0 Å². The standard InChI is InChI=1S/C26H30N2/c1-18(2)6-13-24(28-16-14-27-15-17-28)22-11-9-21-8-7-19-4-3-5-20-10-12-23(22)26(21)25(19)20/h3-5,7-12,18,24,27H,6,13-17H2,1-2H3/t24-/m0/s1. The van der Waals surface area contributed by atoms with Crippen LogP contribution in [0.4, 0.5) is 0 Å². The van der Waals surface area contributed by atoms with Crippen molar-refractivity contribution in [3.63, 3.8) is 0 Å². The predicted octanol–water partition coefficient (Wildman–Crippen LogP) is 5.97. The first-order valence-electron chi connectivity index (χ1n) is 10.8. The first-order chi connectivity index (χ1) is 13.7. The Morgan fingerprint density at radius 1 is 0.786 bits per heavy atom. The summed E-state index contributed by atoms with van der Waals surface area (Å²) < 4.78 is 0. The summed E-state index contributed by atoms with van der Waals surface area (Å²) in [6.45, 7) is 9.18. The molecule has 0 aliphatic carbocycles. The van der Waals surface area contributed by atoms with Gasteiger partial charge in [-0.25, -0.2) is 0 Å². The summed E-state index contributed by atoms with van der Waals surface area (Å²) in [5, 5.41) is 11.9. The van der Waals surface area contributed by atoms with Gasteiger partial charge in [-0.2, -0.15) is 0 Å². The highest BCUT2D eigenvalue weighted by Gasteiger charge is 2.24. The molecule has 1 aliphatic rings. The van der Waals surface area contributed by atoms with E-state index in [9.17, 15) is 0 Å². The molecule has 0 aromatic heterocycles. The molecule has 0 saturated carbocycles. The van der Waals surface area contributed by atoms with Gasteiger partial charge in [0.2, 0.25) is 0 Å². The van der Waals surface area contributed by atoms with Crippen molar-refractivity contribution < 1.29 is 0 Å². The summed E-state index contributed by atoms with van der Waals surface area (Å²) in [5.74, 6) is 0.741. The van der Waals surface area contributed by atoms with Crippen molar-refractivity contribution in [3.05, 3.63) is 60.2 Å². The van der Waals surface area contributed by atoms with Gasteiger partial charge in [0.25, 0.3) is 0 Å². The van der Waals surface area contributed by atoms with Gasteiger partial charge in [0.1, 0.15) is 0 Å². The molecule has 2 nitrogen and oxygen atoms in total. The second-order valence-electron chi connectivity index (χ2n) is 8.78. The summed E-state index contributed by atoms with van der Waals surface area (Å²) >= 11 is 0. The lowest BCUT2D eigenvalue weighted by molar-refractivity contribution is 0.161. The van der Waals surface area contributed by atoms with E-state index in [1.54, 1.807) is 0 Å². The maximum atomic E-state index is 3.52. The molecule has 1 fully saturated rings. The summed E-state index contributed by atoms with van der Waals surface area (Å²) in [4.78, 5) is 2.71. The van der Waals surface area contributed by atoms with E-state index in [0.717, 1.165) is 32.1 Å². The van der Waals surface area contributed by atoms with Crippen LogP contribution in [0.1, 0.15) is 38.3 Å². The lowest BCUT2D eigenvalue weighted by atomic mass is 9.87. The molecule has 1 saturated heterocycles. The molecule has 1 atom stereocenters. The Hall–Kier alpha value is -2.16. The molecule has 1 N–H and O–H groups in total. The third kappa shape index (κ3) is 3.05. The Morgan fingerprint density at radius 2 is 1.43 bits per heavy atom. The minimum Gasteiger partial charge on any atom is -0.314 e. The molecule has 5 rings (SSSR count). The highest BCUT2D eigenvalue weighted by molar-refractivity contribution is 6.23. The van der Waals surface area contributed by atoms with E-state index in [-0.39, 0.29) is 0 Å². The molecule has 2 heteroatoms. The Morgan fingerprint density at radius 3 is 2.14 bits per heavy atom. The molecule has 1 heterocycles. The second-order valence-corrected chi connectivity index (χ2v) is 8.78. The van der Waals surface area contributed by atoms with Crippen LogP contribution in [0.3, 0.4) is 0 Å². The number of nitrogens with one attached hydrogen (secondary N) is 1. The number of piperazine rings is 1. The van der Waals surface area contributed by atoms with Gasteiger partial charge in [0, 0.05) is 32.2 Å².